The van der Waals surface area contributed by atoms with Gasteiger partial charge in [0.2, 0.25) is 0 Å². The molecule has 0 spiro atoms. The van der Waals surface area contributed by atoms with Gasteiger partial charge in [-0.05, 0) is 32.0 Å². The zero-order chi connectivity index (χ0) is 15.7. The van der Waals surface area contributed by atoms with Gasteiger partial charge in [0.1, 0.15) is 11.5 Å². The summed E-state index contributed by atoms with van der Waals surface area (Å²) < 4.78 is 5.37. The molecule has 0 radical (unpaired) electrons. The molecule has 2 aromatic heterocycles. The number of hydrogen-bond acceptors (Lipinski definition) is 4. The van der Waals surface area contributed by atoms with Crippen LogP contribution in [0.4, 0.5) is 5.13 Å². The minimum absolute atomic E-state index is 0.216. The molecule has 0 saturated carbocycles. The fraction of sp³-hybridized carbons (Fsp3) is 0.125. The highest BCUT2D eigenvalue weighted by Gasteiger charge is 2.15. The van der Waals surface area contributed by atoms with E-state index in [2.05, 4.69) is 10.3 Å². The smallest absolute Gasteiger partial charge is 0.260 e. The van der Waals surface area contributed by atoms with Crippen LogP contribution >= 0.6 is 22.9 Å². The van der Waals surface area contributed by atoms with Gasteiger partial charge in [0.15, 0.2) is 5.13 Å². The summed E-state index contributed by atoms with van der Waals surface area (Å²) in [6.45, 7) is 3.58. The number of aromatic nitrogens is 1. The summed E-state index contributed by atoms with van der Waals surface area (Å²) >= 11 is 7.25. The van der Waals surface area contributed by atoms with E-state index in [9.17, 15) is 4.79 Å². The van der Waals surface area contributed by atoms with Gasteiger partial charge in [-0.2, -0.15) is 0 Å². The lowest BCUT2D eigenvalue weighted by Gasteiger charge is -2.00. The monoisotopic (exact) mass is 332 g/mol. The van der Waals surface area contributed by atoms with E-state index < -0.39 is 0 Å². The van der Waals surface area contributed by atoms with Gasteiger partial charge in [-0.1, -0.05) is 23.7 Å². The van der Waals surface area contributed by atoms with Crippen molar-refractivity contribution in [3.63, 3.8) is 0 Å². The zero-order valence-corrected chi connectivity index (χ0v) is 13.6. The lowest BCUT2D eigenvalue weighted by molar-refractivity contribution is 0.102. The fourth-order valence-electron chi connectivity index (χ4n) is 2.11. The molecule has 0 saturated heterocycles. The van der Waals surface area contributed by atoms with Gasteiger partial charge < -0.3 is 4.42 Å². The molecule has 22 heavy (non-hydrogen) atoms. The van der Waals surface area contributed by atoms with Crippen molar-refractivity contribution in [2.75, 3.05) is 5.32 Å². The molecule has 0 aliphatic rings. The number of carbonyl (C=O) groups excluding carboxylic acids is 1. The third-order valence-corrected chi connectivity index (χ3v) is 4.16. The van der Waals surface area contributed by atoms with Gasteiger partial charge in [0.05, 0.1) is 11.3 Å². The molecular weight excluding hydrogens is 320 g/mol. The second-order valence-corrected chi connectivity index (χ2v) is 6.12. The molecule has 0 aliphatic heterocycles. The lowest BCUT2D eigenvalue weighted by atomic mass is 10.2. The van der Waals surface area contributed by atoms with Crippen LogP contribution in [0.3, 0.4) is 0 Å². The number of carbonyl (C=O) groups is 1. The molecule has 1 aromatic carbocycles. The van der Waals surface area contributed by atoms with Crippen molar-refractivity contribution in [2.24, 2.45) is 0 Å². The van der Waals surface area contributed by atoms with E-state index in [0.29, 0.717) is 27.2 Å². The second kappa shape index (κ2) is 5.94. The third kappa shape index (κ3) is 3.05. The number of nitrogens with zero attached hydrogens (tertiary/aromatic N) is 1. The average molecular weight is 333 g/mol. The van der Waals surface area contributed by atoms with Crippen molar-refractivity contribution in [1.82, 2.24) is 4.98 Å². The first kappa shape index (κ1) is 14.8. The molecule has 0 atom stereocenters. The number of benzene rings is 1. The maximum atomic E-state index is 12.2. The van der Waals surface area contributed by atoms with Crippen molar-refractivity contribution in [1.29, 1.82) is 0 Å². The molecule has 1 N–H and O–H groups in total. The van der Waals surface area contributed by atoms with Crippen LogP contribution in [0.25, 0.3) is 11.3 Å². The molecule has 3 aromatic rings. The third-order valence-electron chi connectivity index (χ3n) is 3.15. The molecular formula is C16H13ClN2O2S. The number of aryl methyl sites for hydroxylation is 2. The summed E-state index contributed by atoms with van der Waals surface area (Å²) in [6.07, 6.45) is 0. The topological polar surface area (TPSA) is 55.1 Å². The molecule has 6 heteroatoms. The predicted molar refractivity (Wildman–Crippen MR) is 88.7 cm³/mol. The molecule has 112 valence electrons. The Bertz CT molecular complexity index is 821. The summed E-state index contributed by atoms with van der Waals surface area (Å²) in [5, 5.41) is 5.92. The number of amides is 1. The van der Waals surface area contributed by atoms with E-state index in [-0.39, 0.29) is 5.91 Å². The van der Waals surface area contributed by atoms with Gasteiger partial charge in [-0.15, -0.1) is 11.3 Å². The van der Waals surface area contributed by atoms with E-state index in [1.54, 1.807) is 13.0 Å². The molecule has 0 fully saturated rings. The molecule has 3 rings (SSSR count). The van der Waals surface area contributed by atoms with Crippen LogP contribution in [0.5, 0.6) is 0 Å². The van der Waals surface area contributed by atoms with Gasteiger partial charge in [-0.25, -0.2) is 4.98 Å². The molecule has 0 unspecified atom stereocenters. The predicted octanol–water partition coefficient (Wildman–Crippen LogP) is 4.93. The van der Waals surface area contributed by atoms with Crippen LogP contribution in [0.2, 0.25) is 5.02 Å². The Morgan fingerprint density at radius 1 is 1.27 bits per heavy atom. The van der Waals surface area contributed by atoms with Crippen LogP contribution in [0.15, 0.2) is 40.1 Å². The Hall–Kier alpha value is -2.11. The van der Waals surface area contributed by atoms with Crippen molar-refractivity contribution < 1.29 is 9.21 Å². The van der Waals surface area contributed by atoms with Crippen LogP contribution in [0, 0.1) is 13.8 Å². The Morgan fingerprint density at radius 2 is 2.00 bits per heavy atom. The summed E-state index contributed by atoms with van der Waals surface area (Å²) in [5.41, 5.74) is 2.29. The molecule has 2 heterocycles. The second-order valence-electron chi connectivity index (χ2n) is 4.83. The Kier molecular flexibility index (Phi) is 4.00. The SMILES string of the molecule is Cc1cc(C(=O)Nc2nc(-c3ccc(Cl)cc3)cs2)c(C)o1. The number of anilines is 1. The van der Waals surface area contributed by atoms with E-state index in [1.807, 2.05) is 36.6 Å². The number of thiazole rings is 1. The van der Waals surface area contributed by atoms with Gasteiger partial charge in [-0.3, -0.25) is 10.1 Å². The maximum Gasteiger partial charge on any atom is 0.260 e. The molecule has 4 nitrogen and oxygen atoms in total. The highest BCUT2D eigenvalue weighted by molar-refractivity contribution is 7.14. The maximum absolute atomic E-state index is 12.2. The normalized spacial score (nSPS) is 10.7. The summed E-state index contributed by atoms with van der Waals surface area (Å²) in [7, 11) is 0. The Labute approximate surface area is 136 Å². The summed E-state index contributed by atoms with van der Waals surface area (Å²) in [5.74, 6) is 1.10. The van der Waals surface area contributed by atoms with Gasteiger partial charge in [0, 0.05) is 16.0 Å². The van der Waals surface area contributed by atoms with Gasteiger partial charge in [0.25, 0.3) is 5.91 Å². The number of rotatable bonds is 3. The van der Waals surface area contributed by atoms with Crippen LogP contribution in [0.1, 0.15) is 21.9 Å². The first-order chi connectivity index (χ1) is 10.5. The first-order valence-electron chi connectivity index (χ1n) is 6.63. The Morgan fingerprint density at radius 3 is 2.64 bits per heavy atom. The largest absolute Gasteiger partial charge is 0.466 e. The minimum atomic E-state index is -0.216. The van der Waals surface area contributed by atoms with Crippen LogP contribution in [-0.4, -0.2) is 10.9 Å². The average Bonchev–Trinajstić information content (AvgIpc) is 3.06. The van der Waals surface area contributed by atoms with Crippen LogP contribution < -0.4 is 5.32 Å². The van der Waals surface area contributed by atoms with E-state index in [1.165, 1.54) is 11.3 Å². The van der Waals surface area contributed by atoms with E-state index in [0.717, 1.165) is 11.3 Å². The zero-order valence-electron chi connectivity index (χ0n) is 12.0. The van der Waals surface area contributed by atoms with Crippen molar-refractivity contribution in [2.45, 2.75) is 13.8 Å². The van der Waals surface area contributed by atoms with Crippen molar-refractivity contribution in [3.05, 3.63) is 57.8 Å². The highest BCUT2D eigenvalue weighted by Crippen LogP contribution is 2.26. The minimum Gasteiger partial charge on any atom is -0.466 e. The fourth-order valence-corrected chi connectivity index (χ4v) is 2.95. The van der Waals surface area contributed by atoms with Gasteiger partial charge >= 0.3 is 0 Å². The molecule has 1 amide bonds. The van der Waals surface area contributed by atoms with Crippen molar-refractivity contribution >= 4 is 34.0 Å². The van der Waals surface area contributed by atoms with Crippen LogP contribution in [-0.2, 0) is 0 Å². The lowest BCUT2D eigenvalue weighted by Crippen LogP contribution is -2.11. The molecule has 0 aliphatic carbocycles. The highest BCUT2D eigenvalue weighted by atomic mass is 35.5. The first-order valence-corrected chi connectivity index (χ1v) is 7.88. The number of hydrogen-bond donors (Lipinski definition) is 1. The van der Waals surface area contributed by atoms with E-state index >= 15 is 0 Å². The number of halogens is 1. The van der Waals surface area contributed by atoms with E-state index in [4.69, 9.17) is 16.0 Å². The summed E-state index contributed by atoms with van der Waals surface area (Å²) in [4.78, 5) is 16.6. The van der Waals surface area contributed by atoms with Crippen molar-refractivity contribution in [3.8, 4) is 11.3 Å². The quantitative estimate of drug-likeness (QED) is 0.740. The molecule has 0 bridgehead atoms. The number of nitrogens with one attached hydrogen (secondary N) is 1. The standard InChI is InChI=1S/C16H13ClN2O2S/c1-9-7-13(10(2)21-9)15(20)19-16-18-14(8-22-16)11-3-5-12(17)6-4-11/h3-8H,1-2H3,(H,18,19,20). The summed E-state index contributed by atoms with van der Waals surface area (Å²) in [6, 6.07) is 9.13. The Balaban J connectivity index is 1.78. The number of furan rings is 1.